The van der Waals surface area contributed by atoms with Gasteiger partial charge in [-0.15, -0.1) is 0 Å². The molecule has 1 saturated heterocycles. The number of Topliss-reactive ketones (excluding diaryl/α,β-unsaturated/α-hetero) is 1. The van der Waals surface area contributed by atoms with Crippen LogP contribution in [0.25, 0.3) is 0 Å². The molecule has 2 fully saturated rings. The average Bonchev–Trinajstić information content (AvgIpc) is 3.71. The Labute approximate surface area is 230 Å². The zero-order valence-corrected chi connectivity index (χ0v) is 22.5. The number of aliphatic carboxylic acids is 1. The molecule has 0 bridgehead atoms. The smallest absolute Gasteiger partial charge is 0.340 e. The first-order valence-corrected chi connectivity index (χ1v) is 12.9. The molecule has 0 spiro atoms. The molecule has 0 radical (unpaired) electrons. The summed E-state index contributed by atoms with van der Waals surface area (Å²) in [6, 6.07) is 3.60. The Morgan fingerprint density at radius 2 is 1.90 bits per heavy atom. The first-order chi connectivity index (χ1) is 19.3. The molecule has 1 aromatic rings. The lowest BCUT2D eigenvalue weighted by Gasteiger charge is -2.39. The molecule has 13 heteroatoms. The van der Waals surface area contributed by atoms with E-state index in [1.54, 1.807) is 21.9 Å². The molecule has 12 nitrogen and oxygen atoms in total. The number of rotatable bonds is 9. The number of ketones is 1. The first-order valence-electron chi connectivity index (χ1n) is 12.9. The number of nitrogens with zero attached hydrogens (tertiary/aromatic N) is 4. The molecule has 3 unspecified atom stereocenters. The van der Waals surface area contributed by atoms with Gasteiger partial charge in [-0.05, 0) is 36.6 Å². The fourth-order valence-electron chi connectivity index (χ4n) is 5.25. The third-order valence-corrected chi connectivity index (χ3v) is 7.45. The van der Waals surface area contributed by atoms with Crippen LogP contribution in [0.2, 0.25) is 0 Å². The highest BCUT2D eigenvalue weighted by molar-refractivity contribution is 6.19. The van der Waals surface area contributed by atoms with Crippen molar-refractivity contribution in [2.24, 2.45) is 27.7 Å². The molecule has 3 aliphatic heterocycles. The Morgan fingerprint density at radius 1 is 1.20 bits per heavy atom. The number of halogens is 1. The number of amidine groups is 1. The van der Waals surface area contributed by atoms with Gasteiger partial charge in [-0.3, -0.25) is 4.79 Å². The summed E-state index contributed by atoms with van der Waals surface area (Å²) in [4.78, 5) is 38.2. The van der Waals surface area contributed by atoms with E-state index in [9.17, 15) is 14.7 Å². The lowest BCUT2D eigenvalue weighted by molar-refractivity contribution is -0.136. The Bertz CT molecular complexity index is 1300. The van der Waals surface area contributed by atoms with E-state index in [-0.39, 0.29) is 43.1 Å². The monoisotopic (exact) mass is 557 g/mol. The van der Waals surface area contributed by atoms with Crippen LogP contribution in [0.5, 0.6) is 17.2 Å². The van der Waals surface area contributed by atoms with E-state index in [1.807, 2.05) is 0 Å². The van der Waals surface area contributed by atoms with Crippen LogP contribution in [-0.2, 0) is 21.0 Å². The predicted molar refractivity (Wildman–Crippen MR) is 142 cm³/mol. The van der Waals surface area contributed by atoms with E-state index in [1.165, 1.54) is 33.6 Å². The van der Waals surface area contributed by atoms with Crippen LogP contribution in [0.3, 0.4) is 0 Å². The zero-order valence-electron chi connectivity index (χ0n) is 22.5. The van der Waals surface area contributed by atoms with Crippen molar-refractivity contribution in [1.82, 2.24) is 9.80 Å². The fraction of sp³-hybridized carbons (Fsp3) is 0.481. The normalized spacial score (nSPS) is 25.2. The van der Waals surface area contributed by atoms with Gasteiger partial charge in [-0.2, -0.15) is 0 Å². The third-order valence-electron chi connectivity index (χ3n) is 7.45. The summed E-state index contributed by atoms with van der Waals surface area (Å²) < 4.78 is 31.5. The van der Waals surface area contributed by atoms with Crippen LogP contribution in [0.15, 0.2) is 46.0 Å². The molecule has 3 atom stereocenters. The minimum Gasteiger partial charge on any atom is -0.493 e. The van der Waals surface area contributed by atoms with E-state index >= 15 is 4.39 Å². The molecule has 0 aromatic heterocycles. The topological polar surface area (TPSA) is 149 Å². The van der Waals surface area contributed by atoms with Crippen molar-refractivity contribution in [1.29, 1.82) is 0 Å². The SMILES string of the molecule is COc1cc(CO/N=C2/CN(C3=NC4C(C=C3F)C(=O)C(C(=O)O)=CN4C3CC3)CC2CN)cc(OC)c1OC. The van der Waals surface area contributed by atoms with Gasteiger partial charge in [0.15, 0.2) is 28.9 Å². The minimum absolute atomic E-state index is 0.0746. The van der Waals surface area contributed by atoms with E-state index in [2.05, 4.69) is 10.1 Å². The zero-order chi connectivity index (χ0) is 28.6. The van der Waals surface area contributed by atoms with Gasteiger partial charge in [0.05, 0.1) is 39.5 Å². The van der Waals surface area contributed by atoms with Crippen molar-refractivity contribution in [3.8, 4) is 17.2 Å². The maximum absolute atomic E-state index is 15.4. The molecular formula is C27H32FN5O7. The number of carbonyl (C=O) groups excluding carboxylic acids is 1. The summed E-state index contributed by atoms with van der Waals surface area (Å²) in [5, 5.41) is 13.8. The van der Waals surface area contributed by atoms with Gasteiger partial charge >= 0.3 is 5.97 Å². The minimum atomic E-state index is -1.32. The lowest BCUT2D eigenvalue weighted by atomic mass is 9.88. The molecule has 5 rings (SSSR count). The number of oxime groups is 1. The highest BCUT2D eigenvalue weighted by Crippen LogP contribution is 2.40. The largest absolute Gasteiger partial charge is 0.493 e. The molecule has 3 N–H and O–H groups in total. The van der Waals surface area contributed by atoms with Gasteiger partial charge in [-0.1, -0.05) is 5.16 Å². The Hall–Kier alpha value is -4.13. The first kappa shape index (κ1) is 27.4. The van der Waals surface area contributed by atoms with Crippen LogP contribution in [0.4, 0.5) is 4.39 Å². The number of aliphatic imine (C=N–C) groups is 1. The van der Waals surface area contributed by atoms with Crippen molar-refractivity contribution in [2.45, 2.75) is 31.7 Å². The summed E-state index contributed by atoms with van der Waals surface area (Å²) in [5.41, 5.74) is 7.04. The van der Waals surface area contributed by atoms with Crippen molar-refractivity contribution < 1.29 is 38.1 Å². The summed E-state index contributed by atoms with van der Waals surface area (Å²) in [6.07, 6.45) is 3.56. The number of dihydropyridines is 1. The van der Waals surface area contributed by atoms with Crippen molar-refractivity contribution in [3.63, 3.8) is 0 Å². The quantitative estimate of drug-likeness (QED) is 0.339. The third kappa shape index (κ3) is 5.08. The van der Waals surface area contributed by atoms with Crippen LogP contribution in [0.1, 0.15) is 18.4 Å². The van der Waals surface area contributed by atoms with E-state index < -0.39 is 29.7 Å². The highest BCUT2D eigenvalue weighted by Gasteiger charge is 2.47. The second-order valence-electron chi connectivity index (χ2n) is 10.0. The van der Waals surface area contributed by atoms with Crippen LogP contribution in [0, 0.1) is 11.8 Å². The van der Waals surface area contributed by atoms with E-state index in [0.29, 0.717) is 29.5 Å². The number of methoxy groups -OCH3 is 3. The summed E-state index contributed by atoms with van der Waals surface area (Å²) in [5.74, 6) is -2.29. The van der Waals surface area contributed by atoms with Crippen molar-refractivity contribution in [3.05, 3.63) is 41.4 Å². The summed E-state index contributed by atoms with van der Waals surface area (Å²) >= 11 is 0. The average molecular weight is 558 g/mol. The molecular weight excluding hydrogens is 525 g/mol. The van der Waals surface area contributed by atoms with E-state index in [0.717, 1.165) is 18.4 Å². The van der Waals surface area contributed by atoms with Crippen LogP contribution < -0.4 is 19.9 Å². The number of carbonyl (C=O) groups is 2. The fourth-order valence-corrected chi connectivity index (χ4v) is 5.25. The molecule has 4 aliphatic rings. The molecule has 1 saturated carbocycles. The number of carboxylic acids is 1. The highest BCUT2D eigenvalue weighted by atomic mass is 19.1. The second kappa shape index (κ2) is 11.2. The van der Waals surface area contributed by atoms with Gasteiger partial charge in [0, 0.05) is 31.2 Å². The van der Waals surface area contributed by atoms with Crippen molar-refractivity contribution >= 4 is 23.3 Å². The number of fused-ring (bicyclic) bond motifs is 1. The number of benzene rings is 1. The Morgan fingerprint density at radius 3 is 2.48 bits per heavy atom. The molecule has 1 aliphatic carbocycles. The maximum Gasteiger partial charge on any atom is 0.340 e. The molecule has 1 aromatic carbocycles. The molecule has 3 heterocycles. The van der Waals surface area contributed by atoms with Gasteiger partial charge in [0.25, 0.3) is 0 Å². The Kier molecular flexibility index (Phi) is 7.66. The number of nitrogens with two attached hydrogens (primary N) is 1. The van der Waals surface area contributed by atoms with Crippen molar-refractivity contribution in [2.75, 3.05) is 41.0 Å². The number of hydrogen-bond acceptors (Lipinski definition) is 11. The summed E-state index contributed by atoms with van der Waals surface area (Å²) in [6.45, 7) is 0.994. The van der Waals surface area contributed by atoms with Crippen LogP contribution >= 0.6 is 0 Å². The van der Waals surface area contributed by atoms with Gasteiger partial charge in [0.2, 0.25) is 5.75 Å². The number of carboxylic acid groups (broad SMARTS) is 1. The Balaban J connectivity index is 1.34. The number of ether oxygens (including phenoxy) is 3. The maximum atomic E-state index is 15.4. The van der Waals surface area contributed by atoms with E-state index in [4.69, 9.17) is 24.8 Å². The van der Waals surface area contributed by atoms with Gasteiger partial charge in [0.1, 0.15) is 18.3 Å². The number of hydrogen-bond donors (Lipinski definition) is 2. The molecule has 214 valence electrons. The standard InChI is InChI=1S/C27H32FN5O7/c1-37-21-6-14(7-22(38-2)24(21)39-3)13-40-31-20-12-32(10-15(20)9-29)26-19(28)8-17-23(34)18(27(35)36)11-33(16-4-5-16)25(17)30-26/h6-8,11,15-17,25H,4-5,9-10,12-13,29H2,1-3H3,(H,35,36)/b31-20-. The van der Waals surface area contributed by atoms with Crippen LogP contribution in [-0.4, -0.2) is 91.4 Å². The predicted octanol–water partition coefficient (Wildman–Crippen LogP) is 1.70. The summed E-state index contributed by atoms with van der Waals surface area (Å²) in [7, 11) is 4.58. The van der Waals surface area contributed by atoms with Gasteiger partial charge < -0.3 is 39.7 Å². The second-order valence-corrected chi connectivity index (χ2v) is 10.0. The lowest BCUT2D eigenvalue weighted by Crippen LogP contribution is -2.49. The molecule has 40 heavy (non-hydrogen) atoms. The molecule has 0 amide bonds. The van der Waals surface area contributed by atoms with Gasteiger partial charge in [-0.25, -0.2) is 14.2 Å². The number of likely N-dealkylation sites (tertiary alicyclic amines) is 1.